The summed E-state index contributed by atoms with van der Waals surface area (Å²) in [5, 5.41) is 13.6. The van der Waals surface area contributed by atoms with Gasteiger partial charge in [0.2, 0.25) is 0 Å². The highest BCUT2D eigenvalue weighted by Crippen LogP contribution is 2.46. The molecule has 2 aromatic rings. The van der Waals surface area contributed by atoms with Gasteiger partial charge in [-0.15, -0.1) is 0 Å². The summed E-state index contributed by atoms with van der Waals surface area (Å²) in [5.74, 6) is -1.61. The Balaban J connectivity index is 1.51. The van der Waals surface area contributed by atoms with E-state index in [4.69, 9.17) is 9.47 Å². The second kappa shape index (κ2) is 10.8. The molecule has 43 heavy (non-hydrogen) atoms. The second-order valence-electron chi connectivity index (χ2n) is 12.7. The van der Waals surface area contributed by atoms with Crippen LogP contribution in [-0.4, -0.2) is 40.2 Å². The Bertz CT molecular complexity index is 1690. The van der Waals surface area contributed by atoms with Crippen molar-refractivity contribution < 1.29 is 28.6 Å². The van der Waals surface area contributed by atoms with E-state index < -0.39 is 23.5 Å². The number of aromatic nitrogens is 1. The van der Waals surface area contributed by atoms with E-state index in [0.29, 0.717) is 52.2 Å². The van der Waals surface area contributed by atoms with E-state index >= 15 is 4.39 Å². The molecular formula is C35H37FN2O5. The lowest BCUT2D eigenvalue weighted by molar-refractivity contribution is -0.160. The van der Waals surface area contributed by atoms with Crippen LogP contribution in [0.1, 0.15) is 77.2 Å². The van der Waals surface area contributed by atoms with Gasteiger partial charge in [0.05, 0.1) is 12.2 Å². The molecule has 224 valence electrons. The van der Waals surface area contributed by atoms with Crippen molar-refractivity contribution in [3.8, 4) is 28.1 Å². The number of aryl methyl sites for hydroxylation is 2. The first-order valence-corrected chi connectivity index (χ1v) is 14.8. The first-order chi connectivity index (χ1) is 20.4. The van der Waals surface area contributed by atoms with Gasteiger partial charge in [-0.2, -0.15) is 0 Å². The van der Waals surface area contributed by atoms with Gasteiger partial charge in [0.25, 0.3) is 5.91 Å². The number of hydrogen-bond acceptors (Lipinski definition) is 4. The number of ether oxygens (including phenoxy) is 2. The van der Waals surface area contributed by atoms with Crippen LogP contribution in [-0.2, 0) is 28.8 Å². The molecular weight excluding hydrogens is 547 g/mol. The van der Waals surface area contributed by atoms with Crippen molar-refractivity contribution in [2.45, 2.75) is 78.0 Å². The summed E-state index contributed by atoms with van der Waals surface area (Å²) in [6.07, 6.45) is 1.60. The summed E-state index contributed by atoms with van der Waals surface area (Å²) < 4.78 is 27.2. The number of hydrogen-bond donors (Lipinski definition) is 3. The van der Waals surface area contributed by atoms with Gasteiger partial charge in [0.1, 0.15) is 0 Å². The van der Waals surface area contributed by atoms with Crippen molar-refractivity contribution >= 4 is 11.9 Å². The molecule has 7 nitrogen and oxygen atoms in total. The maximum Gasteiger partial charge on any atom is 0.337 e. The van der Waals surface area contributed by atoms with Crippen LogP contribution in [0.25, 0.3) is 22.4 Å². The molecule has 0 bridgehead atoms. The zero-order chi connectivity index (χ0) is 30.6. The predicted molar refractivity (Wildman–Crippen MR) is 162 cm³/mol. The van der Waals surface area contributed by atoms with Gasteiger partial charge in [-0.25, -0.2) is 9.18 Å². The first-order valence-electron chi connectivity index (χ1n) is 14.8. The van der Waals surface area contributed by atoms with E-state index in [1.54, 1.807) is 33.8 Å². The van der Waals surface area contributed by atoms with E-state index in [-0.39, 0.29) is 17.7 Å². The highest BCUT2D eigenvalue weighted by molar-refractivity contribution is 6.03. The highest BCUT2D eigenvalue weighted by Gasteiger charge is 2.35. The van der Waals surface area contributed by atoms with Gasteiger partial charge in [-0.3, -0.25) is 4.79 Å². The highest BCUT2D eigenvalue weighted by atomic mass is 19.1. The largest absolute Gasteiger partial charge is 0.490 e. The number of rotatable bonds is 6. The SMILES string of the molecule is Cc1[nH]c2c(C)c(C(=O)NC3Cc4ccccc4C3)cc-2c(-c2cc(F)c3c(c2)CCCO3)c1C(OC(C)(C)C)C(=O)O. The van der Waals surface area contributed by atoms with Crippen LogP contribution in [0.3, 0.4) is 0 Å². The Morgan fingerprint density at radius 3 is 2.44 bits per heavy atom. The lowest BCUT2D eigenvalue weighted by Gasteiger charge is -2.29. The second-order valence-corrected chi connectivity index (χ2v) is 12.7. The van der Waals surface area contributed by atoms with Crippen LogP contribution in [0.4, 0.5) is 4.39 Å². The quantitative estimate of drug-likeness (QED) is 0.234. The number of H-pyrrole nitrogens is 1. The fourth-order valence-corrected chi connectivity index (χ4v) is 6.57. The summed E-state index contributed by atoms with van der Waals surface area (Å²) in [6.45, 7) is 9.51. The third-order valence-electron chi connectivity index (χ3n) is 8.43. The zero-order valence-electron chi connectivity index (χ0n) is 25.2. The minimum atomic E-state index is -1.34. The van der Waals surface area contributed by atoms with Crippen LogP contribution in [0, 0.1) is 19.7 Å². The number of halogens is 1. The van der Waals surface area contributed by atoms with Crippen LogP contribution < -0.4 is 10.1 Å². The minimum Gasteiger partial charge on any atom is -0.490 e. The summed E-state index contributed by atoms with van der Waals surface area (Å²) in [4.78, 5) is 29.8. The topological polar surface area (TPSA) is 101 Å². The summed E-state index contributed by atoms with van der Waals surface area (Å²) in [6, 6.07) is 13.3. The summed E-state index contributed by atoms with van der Waals surface area (Å²) in [7, 11) is 0. The molecule has 1 amide bonds. The number of carboxylic acids is 1. The van der Waals surface area contributed by atoms with Crippen molar-refractivity contribution in [2.75, 3.05) is 6.61 Å². The number of benzene rings is 2. The van der Waals surface area contributed by atoms with E-state index in [9.17, 15) is 14.7 Å². The van der Waals surface area contributed by atoms with Crippen LogP contribution in [0.15, 0.2) is 42.5 Å². The third-order valence-corrected chi connectivity index (χ3v) is 8.43. The zero-order valence-corrected chi connectivity index (χ0v) is 25.2. The van der Waals surface area contributed by atoms with Crippen LogP contribution >= 0.6 is 0 Å². The van der Waals surface area contributed by atoms with Gasteiger partial charge >= 0.3 is 5.97 Å². The van der Waals surface area contributed by atoms with Crippen molar-refractivity contribution in [1.29, 1.82) is 0 Å². The standard InChI is InChI=1S/C35H37FN2O5/c1-18-25(33(39)38-24-14-20-9-6-7-10-21(20)15-24)17-26-29(23-13-22-11-8-12-42-31(22)27(36)16-23)28(19(2)37-30(18)26)32(34(40)41)43-35(3,4)5/h6-7,9-10,13,16-17,24,32,37H,8,11-12,14-15H2,1-5H3,(H,38,39)(H,40,41). The van der Waals surface area contributed by atoms with E-state index in [2.05, 4.69) is 22.4 Å². The van der Waals surface area contributed by atoms with Crippen LogP contribution in [0.5, 0.6) is 5.75 Å². The minimum absolute atomic E-state index is 0.0191. The average molecular weight is 585 g/mol. The lowest BCUT2D eigenvalue weighted by atomic mass is 9.88. The molecule has 1 unspecified atom stereocenters. The molecule has 0 saturated carbocycles. The fourth-order valence-electron chi connectivity index (χ4n) is 6.57. The smallest absolute Gasteiger partial charge is 0.337 e. The third kappa shape index (κ3) is 5.40. The normalized spacial score (nSPS) is 15.6. The molecule has 2 aliphatic heterocycles. The number of carbonyl (C=O) groups is 2. The number of carboxylic acid groups (broad SMARTS) is 1. The Morgan fingerprint density at radius 2 is 1.79 bits per heavy atom. The number of nitrogens with one attached hydrogen (secondary N) is 2. The number of aliphatic carboxylic acids is 1. The van der Waals surface area contributed by atoms with Crippen molar-refractivity contribution in [3.05, 3.63) is 87.4 Å². The number of pyridine rings is 1. The maximum atomic E-state index is 15.5. The Kier molecular flexibility index (Phi) is 7.29. The van der Waals surface area contributed by atoms with Gasteiger partial charge in [-0.1, -0.05) is 24.3 Å². The number of aromatic amines is 1. The first kappa shape index (κ1) is 28.9. The van der Waals surface area contributed by atoms with Crippen molar-refractivity contribution in [3.63, 3.8) is 0 Å². The number of fused-ring (bicyclic) bond motifs is 3. The molecule has 0 fully saturated rings. The molecule has 4 aliphatic rings. The van der Waals surface area contributed by atoms with Crippen molar-refractivity contribution in [1.82, 2.24) is 10.3 Å². The molecule has 2 aromatic carbocycles. The van der Waals surface area contributed by atoms with Crippen molar-refractivity contribution in [2.24, 2.45) is 0 Å². The maximum absolute atomic E-state index is 15.5. The lowest BCUT2D eigenvalue weighted by Crippen LogP contribution is -2.35. The molecule has 2 aliphatic carbocycles. The van der Waals surface area contributed by atoms with E-state index in [1.807, 2.05) is 25.1 Å². The Labute approximate surface area is 250 Å². The van der Waals surface area contributed by atoms with E-state index in [0.717, 1.165) is 30.4 Å². The number of amides is 1. The summed E-state index contributed by atoms with van der Waals surface area (Å²) >= 11 is 0. The fraction of sp³-hybridized carbons (Fsp3) is 0.371. The molecule has 3 N–H and O–H groups in total. The number of carbonyl (C=O) groups excluding carboxylic acids is 1. The summed E-state index contributed by atoms with van der Waals surface area (Å²) in [5.41, 5.74) is 7.03. The van der Waals surface area contributed by atoms with Gasteiger partial charge in [0.15, 0.2) is 17.7 Å². The van der Waals surface area contributed by atoms with Gasteiger partial charge < -0.3 is 24.9 Å². The molecule has 0 aromatic heterocycles. The predicted octanol–water partition coefficient (Wildman–Crippen LogP) is 6.71. The molecule has 1 atom stereocenters. The van der Waals surface area contributed by atoms with Gasteiger partial charge in [-0.05, 0) is 112 Å². The molecule has 6 rings (SSSR count). The molecule has 0 radical (unpaired) electrons. The molecule has 2 heterocycles. The molecule has 8 heteroatoms. The monoisotopic (exact) mass is 584 g/mol. The Hall–Kier alpha value is -4.17. The molecule has 0 spiro atoms. The van der Waals surface area contributed by atoms with Crippen LogP contribution in [0.2, 0.25) is 0 Å². The molecule has 0 saturated heterocycles. The van der Waals surface area contributed by atoms with Gasteiger partial charge in [0, 0.05) is 34.1 Å². The Morgan fingerprint density at radius 1 is 1.09 bits per heavy atom. The average Bonchev–Trinajstić information content (AvgIpc) is 3.50. The van der Waals surface area contributed by atoms with E-state index in [1.165, 1.54) is 17.2 Å².